The van der Waals surface area contributed by atoms with Crippen LogP contribution in [0.2, 0.25) is 0 Å². The number of methoxy groups -OCH3 is 1. The van der Waals surface area contributed by atoms with Crippen LogP contribution in [0.4, 0.5) is 5.69 Å². The van der Waals surface area contributed by atoms with Gasteiger partial charge in [-0.25, -0.2) is 0 Å². The third kappa shape index (κ3) is 2.97. The molecule has 0 N–H and O–H groups in total. The van der Waals surface area contributed by atoms with Gasteiger partial charge in [-0.15, -0.1) is 23.2 Å². The molecule has 2 aromatic carbocycles. The van der Waals surface area contributed by atoms with E-state index in [1.165, 1.54) is 11.1 Å². The molecule has 0 saturated carbocycles. The summed E-state index contributed by atoms with van der Waals surface area (Å²) in [5, 5.41) is 2.30. The Bertz CT molecular complexity index is 580. The minimum Gasteiger partial charge on any atom is -0.496 e. The number of benzene rings is 2. The zero-order valence-corrected chi connectivity index (χ0v) is 13.3. The lowest BCUT2D eigenvalue weighted by Gasteiger charge is -2.26. The maximum atomic E-state index is 5.92. The van der Waals surface area contributed by atoms with Crippen molar-refractivity contribution in [2.45, 2.75) is 6.92 Å². The number of nitrogens with zero attached hydrogens (tertiary/aromatic N) is 1. The molecule has 0 heterocycles. The van der Waals surface area contributed by atoms with Gasteiger partial charge in [-0.3, -0.25) is 0 Å². The molecule has 2 aromatic rings. The van der Waals surface area contributed by atoms with E-state index in [0.29, 0.717) is 11.8 Å². The number of hydrogen-bond acceptors (Lipinski definition) is 2. The highest BCUT2D eigenvalue weighted by Crippen LogP contribution is 2.36. The van der Waals surface area contributed by atoms with Crippen molar-refractivity contribution in [3.05, 3.63) is 35.9 Å². The minimum absolute atomic E-state index is 0.580. The van der Waals surface area contributed by atoms with Gasteiger partial charge in [0, 0.05) is 41.3 Å². The number of hydrogen-bond donors (Lipinski definition) is 0. The molecule has 0 amide bonds. The summed E-state index contributed by atoms with van der Waals surface area (Å²) in [6, 6.07) is 10.4. The monoisotopic (exact) mass is 311 g/mol. The molecule has 0 radical (unpaired) electrons. The molecule has 0 spiro atoms. The van der Waals surface area contributed by atoms with E-state index in [9.17, 15) is 0 Å². The molecule has 0 aliphatic carbocycles. The first-order valence-electron chi connectivity index (χ1n) is 6.66. The van der Waals surface area contributed by atoms with E-state index in [1.807, 2.05) is 12.1 Å². The summed E-state index contributed by atoms with van der Waals surface area (Å²) < 4.78 is 5.54. The van der Waals surface area contributed by atoms with Crippen LogP contribution in [0.15, 0.2) is 30.3 Å². The second-order valence-corrected chi connectivity index (χ2v) is 5.41. The van der Waals surface area contributed by atoms with Gasteiger partial charge in [0.2, 0.25) is 0 Å². The molecule has 0 bridgehead atoms. The number of anilines is 1. The lowest BCUT2D eigenvalue weighted by molar-refractivity contribution is 0.417. The minimum atomic E-state index is 0.580. The molecule has 0 saturated heterocycles. The van der Waals surface area contributed by atoms with E-state index in [-0.39, 0.29) is 0 Å². The Kier molecular flexibility index (Phi) is 5.38. The first-order chi connectivity index (χ1) is 9.72. The van der Waals surface area contributed by atoms with E-state index in [1.54, 1.807) is 7.11 Å². The fourth-order valence-electron chi connectivity index (χ4n) is 2.55. The van der Waals surface area contributed by atoms with Gasteiger partial charge in [-0.2, -0.15) is 0 Å². The van der Waals surface area contributed by atoms with E-state index < -0.39 is 0 Å². The predicted octanol–water partition coefficient (Wildman–Crippen LogP) is 4.44. The standard InChI is InChI=1S/C16H19Cl2NO/c1-12-11-15(19(9-7-17)10-8-18)13-5-3-4-6-14(13)16(12)20-2/h3-6,11H,7-10H2,1-2H3. The number of fused-ring (bicyclic) bond motifs is 1. The zero-order valence-electron chi connectivity index (χ0n) is 11.8. The first kappa shape index (κ1) is 15.3. The largest absolute Gasteiger partial charge is 0.496 e. The van der Waals surface area contributed by atoms with Crippen LogP contribution in [0, 0.1) is 6.92 Å². The highest BCUT2D eigenvalue weighted by atomic mass is 35.5. The fraction of sp³-hybridized carbons (Fsp3) is 0.375. The fourth-order valence-corrected chi connectivity index (χ4v) is 2.96. The van der Waals surface area contributed by atoms with Crippen molar-refractivity contribution in [1.29, 1.82) is 0 Å². The first-order valence-corrected chi connectivity index (χ1v) is 7.73. The van der Waals surface area contributed by atoms with E-state index in [0.717, 1.165) is 29.8 Å². The van der Waals surface area contributed by atoms with E-state index in [4.69, 9.17) is 27.9 Å². The summed E-state index contributed by atoms with van der Waals surface area (Å²) in [6.45, 7) is 3.63. The van der Waals surface area contributed by atoms with Crippen molar-refractivity contribution < 1.29 is 4.74 Å². The summed E-state index contributed by atoms with van der Waals surface area (Å²) in [5.41, 5.74) is 2.29. The van der Waals surface area contributed by atoms with Crippen LogP contribution in [-0.2, 0) is 0 Å². The molecule has 0 fully saturated rings. The molecular formula is C16H19Cl2NO. The third-order valence-corrected chi connectivity index (χ3v) is 3.75. The van der Waals surface area contributed by atoms with Gasteiger partial charge in [-0.1, -0.05) is 24.3 Å². The number of halogens is 2. The number of alkyl halides is 2. The summed E-state index contributed by atoms with van der Waals surface area (Å²) in [5.74, 6) is 2.09. The Balaban J connectivity index is 2.63. The van der Waals surface area contributed by atoms with Crippen molar-refractivity contribution in [1.82, 2.24) is 0 Å². The smallest absolute Gasteiger partial charge is 0.129 e. The molecule has 0 atom stereocenters. The average molecular weight is 312 g/mol. The predicted molar refractivity (Wildman–Crippen MR) is 88.9 cm³/mol. The van der Waals surface area contributed by atoms with Crippen molar-refractivity contribution in [2.75, 3.05) is 36.9 Å². The second kappa shape index (κ2) is 7.05. The van der Waals surface area contributed by atoms with Crippen molar-refractivity contribution in [3.8, 4) is 5.75 Å². The van der Waals surface area contributed by atoms with Gasteiger partial charge in [0.1, 0.15) is 5.75 Å². The van der Waals surface area contributed by atoms with Crippen LogP contribution in [0.1, 0.15) is 5.56 Å². The van der Waals surface area contributed by atoms with Crippen molar-refractivity contribution >= 4 is 39.7 Å². The summed E-state index contributed by atoms with van der Waals surface area (Å²) in [4.78, 5) is 2.23. The molecule has 4 heteroatoms. The summed E-state index contributed by atoms with van der Waals surface area (Å²) in [7, 11) is 1.71. The van der Waals surface area contributed by atoms with Gasteiger partial charge in [-0.05, 0) is 18.6 Å². The molecule has 20 heavy (non-hydrogen) atoms. The molecule has 2 nitrogen and oxygen atoms in total. The maximum Gasteiger partial charge on any atom is 0.129 e. The molecule has 0 aromatic heterocycles. The van der Waals surface area contributed by atoms with Crippen molar-refractivity contribution in [2.24, 2.45) is 0 Å². The van der Waals surface area contributed by atoms with Crippen LogP contribution in [0.3, 0.4) is 0 Å². The van der Waals surface area contributed by atoms with E-state index in [2.05, 4.69) is 30.0 Å². The second-order valence-electron chi connectivity index (χ2n) is 4.66. The lowest BCUT2D eigenvalue weighted by Crippen LogP contribution is -2.27. The Morgan fingerprint density at radius 2 is 1.65 bits per heavy atom. The average Bonchev–Trinajstić information content (AvgIpc) is 2.46. The number of rotatable bonds is 6. The summed E-state index contributed by atoms with van der Waals surface area (Å²) >= 11 is 11.8. The van der Waals surface area contributed by atoms with Crippen LogP contribution in [0.25, 0.3) is 10.8 Å². The molecule has 2 rings (SSSR count). The molecule has 0 aliphatic heterocycles. The van der Waals surface area contributed by atoms with Gasteiger partial charge in [0.05, 0.1) is 7.11 Å². The third-order valence-electron chi connectivity index (χ3n) is 3.41. The van der Waals surface area contributed by atoms with Gasteiger partial charge >= 0.3 is 0 Å². The van der Waals surface area contributed by atoms with Crippen LogP contribution < -0.4 is 9.64 Å². The Morgan fingerprint density at radius 1 is 1.05 bits per heavy atom. The topological polar surface area (TPSA) is 12.5 Å². The molecule has 108 valence electrons. The highest BCUT2D eigenvalue weighted by Gasteiger charge is 2.14. The van der Waals surface area contributed by atoms with Crippen LogP contribution in [-0.4, -0.2) is 32.0 Å². The molecule has 0 aliphatic rings. The van der Waals surface area contributed by atoms with Gasteiger partial charge in [0.15, 0.2) is 0 Å². The van der Waals surface area contributed by atoms with Crippen LogP contribution >= 0.6 is 23.2 Å². The molecule has 0 unspecified atom stereocenters. The summed E-state index contributed by atoms with van der Waals surface area (Å²) in [6.07, 6.45) is 0. The van der Waals surface area contributed by atoms with E-state index >= 15 is 0 Å². The zero-order chi connectivity index (χ0) is 14.5. The number of aryl methyl sites for hydroxylation is 1. The lowest BCUT2D eigenvalue weighted by atomic mass is 10.0. The Labute approximate surface area is 130 Å². The Hall–Kier alpha value is -1.12. The number of ether oxygens (including phenoxy) is 1. The van der Waals surface area contributed by atoms with Gasteiger partial charge < -0.3 is 9.64 Å². The molecular weight excluding hydrogens is 293 g/mol. The van der Waals surface area contributed by atoms with Gasteiger partial charge in [0.25, 0.3) is 0 Å². The Morgan fingerprint density at radius 3 is 2.20 bits per heavy atom. The van der Waals surface area contributed by atoms with Crippen LogP contribution in [0.5, 0.6) is 5.75 Å². The quantitative estimate of drug-likeness (QED) is 0.731. The normalized spacial score (nSPS) is 10.8. The SMILES string of the molecule is COc1c(C)cc(N(CCCl)CCCl)c2ccccc12. The van der Waals surface area contributed by atoms with Crippen molar-refractivity contribution in [3.63, 3.8) is 0 Å². The highest BCUT2D eigenvalue weighted by molar-refractivity contribution is 6.18. The maximum absolute atomic E-state index is 5.92.